The minimum atomic E-state index is 0.459. The normalized spacial score (nSPS) is 26.1. The van der Waals surface area contributed by atoms with Gasteiger partial charge >= 0.3 is 0 Å². The van der Waals surface area contributed by atoms with Crippen LogP contribution in [-0.4, -0.2) is 37.1 Å². The second kappa shape index (κ2) is 6.75. The van der Waals surface area contributed by atoms with E-state index < -0.39 is 0 Å². The topological polar surface area (TPSA) is 15.3 Å². The lowest BCUT2D eigenvalue weighted by Crippen LogP contribution is -2.53. The van der Waals surface area contributed by atoms with Crippen molar-refractivity contribution in [2.45, 2.75) is 59.9 Å². The molecule has 1 N–H and O–H groups in total. The second-order valence-electron chi connectivity index (χ2n) is 6.46. The van der Waals surface area contributed by atoms with Crippen molar-refractivity contribution in [1.82, 2.24) is 10.2 Å². The van der Waals surface area contributed by atoms with Gasteiger partial charge in [-0.05, 0) is 37.3 Å². The summed E-state index contributed by atoms with van der Waals surface area (Å²) in [6.07, 6.45) is 3.99. The van der Waals surface area contributed by atoms with Crippen molar-refractivity contribution in [1.29, 1.82) is 0 Å². The highest BCUT2D eigenvalue weighted by Gasteiger charge is 2.32. The zero-order chi connectivity index (χ0) is 12.9. The average Bonchev–Trinajstić information content (AvgIpc) is 2.30. The maximum Gasteiger partial charge on any atom is 0.0246 e. The van der Waals surface area contributed by atoms with Crippen molar-refractivity contribution in [3.05, 3.63) is 0 Å². The predicted octanol–water partition coefficient (Wildman–Crippen LogP) is 3.13. The zero-order valence-electron chi connectivity index (χ0n) is 12.6. The van der Waals surface area contributed by atoms with E-state index in [2.05, 4.69) is 44.8 Å². The van der Waals surface area contributed by atoms with Gasteiger partial charge in [-0.3, -0.25) is 0 Å². The predicted molar refractivity (Wildman–Crippen MR) is 76.4 cm³/mol. The highest BCUT2D eigenvalue weighted by atomic mass is 15.2. The Kier molecular flexibility index (Phi) is 5.94. The van der Waals surface area contributed by atoms with Crippen molar-refractivity contribution in [3.8, 4) is 0 Å². The third-order valence-electron chi connectivity index (χ3n) is 4.49. The number of piperidine rings is 1. The largest absolute Gasteiger partial charge is 0.312 e. The summed E-state index contributed by atoms with van der Waals surface area (Å²) >= 11 is 0. The van der Waals surface area contributed by atoms with Gasteiger partial charge in [0.05, 0.1) is 0 Å². The van der Waals surface area contributed by atoms with Crippen LogP contribution in [0.1, 0.15) is 53.9 Å². The smallest absolute Gasteiger partial charge is 0.0246 e. The maximum absolute atomic E-state index is 3.72. The van der Waals surface area contributed by atoms with E-state index in [1.165, 1.54) is 45.4 Å². The number of rotatable bonds is 6. The fourth-order valence-electron chi connectivity index (χ4n) is 2.74. The average molecular weight is 240 g/mol. The van der Waals surface area contributed by atoms with Crippen LogP contribution >= 0.6 is 0 Å². The van der Waals surface area contributed by atoms with Crippen LogP contribution in [0.25, 0.3) is 0 Å². The van der Waals surface area contributed by atoms with Crippen molar-refractivity contribution in [2.24, 2.45) is 11.3 Å². The molecule has 0 bridgehead atoms. The van der Waals surface area contributed by atoms with Crippen molar-refractivity contribution >= 4 is 0 Å². The minimum Gasteiger partial charge on any atom is -0.312 e. The summed E-state index contributed by atoms with van der Waals surface area (Å²) in [5.74, 6) is 0.821. The first-order valence-electron chi connectivity index (χ1n) is 7.45. The van der Waals surface area contributed by atoms with Gasteiger partial charge < -0.3 is 10.2 Å². The molecule has 17 heavy (non-hydrogen) atoms. The fourth-order valence-corrected chi connectivity index (χ4v) is 2.74. The molecular formula is C15H32N2. The molecule has 0 aliphatic carbocycles. The summed E-state index contributed by atoms with van der Waals surface area (Å²) < 4.78 is 0. The Morgan fingerprint density at radius 1 is 1.35 bits per heavy atom. The molecule has 2 unspecified atom stereocenters. The first-order chi connectivity index (χ1) is 7.99. The van der Waals surface area contributed by atoms with E-state index in [0.717, 1.165) is 5.92 Å². The molecule has 0 saturated carbocycles. The molecule has 0 radical (unpaired) electrons. The van der Waals surface area contributed by atoms with Crippen LogP contribution in [0.5, 0.6) is 0 Å². The number of nitrogens with zero attached hydrogens (tertiary/aromatic N) is 1. The van der Waals surface area contributed by atoms with Crippen LogP contribution in [0.4, 0.5) is 0 Å². The third kappa shape index (κ3) is 4.59. The van der Waals surface area contributed by atoms with Gasteiger partial charge in [-0.15, -0.1) is 0 Å². The molecule has 0 aromatic heterocycles. The number of hydrogen-bond acceptors (Lipinski definition) is 2. The number of nitrogens with one attached hydrogen (secondary N) is 1. The van der Waals surface area contributed by atoms with Crippen LogP contribution in [-0.2, 0) is 0 Å². The van der Waals surface area contributed by atoms with Crippen molar-refractivity contribution in [2.75, 3.05) is 26.2 Å². The SMILES string of the molecule is CCC(C)CN(CC)CC1NCCCC1(C)C. The molecule has 0 amide bonds. The Labute approximate surface area is 108 Å². The molecule has 0 aromatic carbocycles. The molecule has 1 fully saturated rings. The van der Waals surface area contributed by atoms with E-state index >= 15 is 0 Å². The Hall–Kier alpha value is -0.0800. The van der Waals surface area contributed by atoms with E-state index in [1.54, 1.807) is 0 Å². The summed E-state index contributed by atoms with van der Waals surface area (Å²) in [7, 11) is 0. The number of hydrogen-bond donors (Lipinski definition) is 1. The second-order valence-corrected chi connectivity index (χ2v) is 6.46. The molecule has 1 aliphatic heterocycles. The van der Waals surface area contributed by atoms with Gasteiger partial charge in [-0.1, -0.05) is 41.0 Å². The van der Waals surface area contributed by atoms with E-state index in [0.29, 0.717) is 11.5 Å². The minimum absolute atomic E-state index is 0.459. The zero-order valence-corrected chi connectivity index (χ0v) is 12.6. The monoisotopic (exact) mass is 240 g/mol. The molecule has 2 atom stereocenters. The lowest BCUT2D eigenvalue weighted by atomic mass is 9.77. The molecule has 2 nitrogen and oxygen atoms in total. The van der Waals surface area contributed by atoms with Gasteiger partial charge in [-0.25, -0.2) is 0 Å². The first kappa shape index (κ1) is 15.0. The summed E-state index contributed by atoms with van der Waals surface area (Å²) in [5.41, 5.74) is 0.459. The van der Waals surface area contributed by atoms with Gasteiger partial charge in [-0.2, -0.15) is 0 Å². The van der Waals surface area contributed by atoms with E-state index in [4.69, 9.17) is 0 Å². The Morgan fingerprint density at radius 3 is 2.59 bits per heavy atom. The van der Waals surface area contributed by atoms with Gasteiger partial charge in [0.2, 0.25) is 0 Å². The summed E-state index contributed by atoms with van der Waals surface area (Å²) in [4.78, 5) is 2.62. The van der Waals surface area contributed by atoms with E-state index in [-0.39, 0.29) is 0 Å². The van der Waals surface area contributed by atoms with Gasteiger partial charge in [0.1, 0.15) is 0 Å². The summed E-state index contributed by atoms with van der Waals surface area (Å²) in [6.45, 7) is 16.6. The molecule has 1 saturated heterocycles. The summed E-state index contributed by atoms with van der Waals surface area (Å²) in [6, 6.07) is 0.667. The van der Waals surface area contributed by atoms with Crippen molar-refractivity contribution in [3.63, 3.8) is 0 Å². The molecule has 1 rings (SSSR count). The molecule has 2 heteroatoms. The van der Waals surface area contributed by atoms with Gasteiger partial charge in [0, 0.05) is 19.1 Å². The molecular weight excluding hydrogens is 208 g/mol. The highest BCUT2D eigenvalue weighted by molar-refractivity contribution is 4.90. The quantitative estimate of drug-likeness (QED) is 0.767. The lowest BCUT2D eigenvalue weighted by molar-refractivity contribution is 0.121. The first-order valence-corrected chi connectivity index (χ1v) is 7.45. The Bertz CT molecular complexity index is 213. The standard InChI is InChI=1S/C15H32N2/c1-6-13(3)11-17(7-2)12-14-15(4,5)9-8-10-16-14/h13-14,16H,6-12H2,1-5H3. The maximum atomic E-state index is 3.72. The summed E-state index contributed by atoms with van der Waals surface area (Å²) in [5, 5.41) is 3.72. The van der Waals surface area contributed by atoms with Crippen LogP contribution in [0.3, 0.4) is 0 Å². The van der Waals surface area contributed by atoms with Crippen LogP contribution in [0.15, 0.2) is 0 Å². The molecule has 1 heterocycles. The van der Waals surface area contributed by atoms with Gasteiger partial charge in [0.15, 0.2) is 0 Å². The van der Waals surface area contributed by atoms with E-state index in [1.807, 2.05) is 0 Å². The van der Waals surface area contributed by atoms with Crippen LogP contribution in [0.2, 0.25) is 0 Å². The fraction of sp³-hybridized carbons (Fsp3) is 1.00. The van der Waals surface area contributed by atoms with E-state index in [9.17, 15) is 0 Å². The van der Waals surface area contributed by atoms with Crippen LogP contribution < -0.4 is 5.32 Å². The third-order valence-corrected chi connectivity index (χ3v) is 4.49. The molecule has 0 aromatic rings. The Balaban J connectivity index is 2.48. The number of likely N-dealkylation sites (N-methyl/N-ethyl adjacent to an activating group) is 1. The lowest BCUT2D eigenvalue weighted by Gasteiger charge is -2.42. The molecule has 0 spiro atoms. The van der Waals surface area contributed by atoms with Crippen molar-refractivity contribution < 1.29 is 0 Å². The molecule has 1 aliphatic rings. The van der Waals surface area contributed by atoms with Crippen LogP contribution in [0, 0.1) is 11.3 Å². The Morgan fingerprint density at radius 2 is 2.06 bits per heavy atom. The highest BCUT2D eigenvalue weighted by Crippen LogP contribution is 2.30. The molecule has 102 valence electrons. The van der Waals surface area contributed by atoms with Gasteiger partial charge in [0.25, 0.3) is 0 Å².